The number of fused-ring (bicyclic) bond motifs is 1. The van der Waals surface area contributed by atoms with Gasteiger partial charge in [-0.15, -0.1) is 11.3 Å². The maximum absolute atomic E-state index is 12.5. The van der Waals surface area contributed by atoms with Crippen molar-refractivity contribution < 1.29 is 13.2 Å². The molecule has 98 valence electrons. The molecule has 1 heterocycles. The number of benzene rings is 1. The first-order valence-corrected chi connectivity index (χ1v) is 6.44. The molecule has 2 aromatic rings. The molecule has 1 aromatic heterocycles. The fraction of sp³-hybridized carbons (Fsp3) is 0.417. The van der Waals surface area contributed by atoms with E-state index in [4.69, 9.17) is 5.73 Å². The van der Waals surface area contributed by atoms with E-state index in [2.05, 4.69) is 4.98 Å². The zero-order valence-corrected chi connectivity index (χ0v) is 10.6. The van der Waals surface area contributed by atoms with E-state index in [1.54, 1.807) is 0 Å². The van der Waals surface area contributed by atoms with Crippen LogP contribution in [0.25, 0.3) is 10.2 Å². The standard InChI is InChI=1S/C12H13F3N2S/c1-2-8(16)6-11-17-9-5-7(12(13,14)15)3-4-10(9)18-11/h3-5,8H,2,6,16H2,1H3. The molecule has 1 unspecified atom stereocenters. The first-order chi connectivity index (χ1) is 8.40. The zero-order valence-electron chi connectivity index (χ0n) is 9.79. The third-order valence-corrected chi connectivity index (χ3v) is 3.78. The van der Waals surface area contributed by atoms with Gasteiger partial charge in [0.2, 0.25) is 0 Å². The molecule has 0 radical (unpaired) electrons. The highest BCUT2D eigenvalue weighted by Gasteiger charge is 2.30. The Morgan fingerprint density at radius 2 is 2.11 bits per heavy atom. The van der Waals surface area contributed by atoms with Crippen LogP contribution < -0.4 is 5.73 Å². The molecule has 0 amide bonds. The van der Waals surface area contributed by atoms with E-state index in [1.807, 2.05) is 6.92 Å². The highest BCUT2D eigenvalue weighted by atomic mass is 32.1. The summed E-state index contributed by atoms with van der Waals surface area (Å²) in [5.74, 6) is 0. The number of hydrogen-bond donors (Lipinski definition) is 1. The predicted molar refractivity (Wildman–Crippen MR) is 66.6 cm³/mol. The van der Waals surface area contributed by atoms with E-state index in [1.165, 1.54) is 17.4 Å². The van der Waals surface area contributed by atoms with Crippen LogP contribution in [0.4, 0.5) is 13.2 Å². The molecule has 0 aliphatic rings. The van der Waals surface area contributed by atoms with Gasteiger partial charge in [-0.3, -0.25) is 0 Å². The van der Waals surface area contributed by atoms with Gasteiger partial charge in [-0.1, -0.05) is 6.92 Å². The van der Waals surface area contributed by atoms with E-state index >= 15 is 0 Å². The number of aromatic nitrogens is 1. The van der Waals surface area contributed by atoms with Crippen LogP contribution in [0.1, 0.15) is 23.9 Å². The first kappa shape index (κ1) is 13.3. The van der Waals surface area contributed by atoms with Crippen LogP contribution in [-0.2, 0) is 12.6 Å². The van der Waals surface area contributed by atoms with Gasteiger partial charge in [-0.25, -0.2) is 4.98 Å². The quantitative estimate of drug-likeness (QED) is 0.928. The molecular weight excluding hydrogens is 261 g/mol. The largest absolute Gasteiger partial charge is 0.416 e. The third-order valence-electron chi connectivity index (χ3n) is 2.72. The van der Waals surface area contributed by atoms with Crippen LogP contribution in [-0.4, -0.2) is 11.0 Å². The Labute approximate surface area is 107 Å². The Kier molecular flexibility index (Phi) is 3.59. The van der Waals surface area contributed by atoms with Crippen molar-refractivity contribution in [1.82, 2.24) is 4.98 Å². The lowest BCUT2D eigenvalue weighted by atomic mass is 10.2. The lowest BCUT2D eigenvalue weighted by molar-refractivity contribution is -0.137. The zero-order chi connectivity index (χ0) is 13.3. The average Bonchev–Trinajstić information content (AvgIpc) is 2.68. The van der Waals surface area contributed by atoms with E-state index < -0.39 is 11.7 Å². The van der Waals surface area contributed by atoms with Gasteiger partial charge in [0.15, 0.2) is 0 Å². The molecule has 1 atom stereocenters. The lowest BCUT2D eigenvalue weighted by Crippen LogP contribution is -2.21. The number of nitrogens with zero attached hydrogens (tertiary/aromatic N) is 1. The molecule has 0 saturated heterocycles. The van der Waals surface area contributed by atoms with Crippen LogP contribution in [0.3, 0.4) is 0 Å². The van der Waals surface area contributed by atoms with Crippen molar-refractivity contribution in [3.63, 3.8) is 0 Å². The van der Waals surface area contributed by atoms with Gasteiger partial charge >= 0.3 is 6.18 Å². The van der Waals surface area contributed by atoms with Crippen molar-refractivity contribution in [2.75, 3.05) is 0 Å². The van der Waals surface area contributed by atoms with Crippen molar-refractivity contribution in [2.24, 2.45) is 5.73 Å². The summed E-state index contributed by atoms with van der Waals surface area (Å²) in [6.45, 7) is 1.97. The van der Waals surface area contributed by atoms with Gasteiger partial charge in [-0.2, -0.15) is 13.2 Å². The number of rotatable bonds is 3. The smallest absolute Gasteiger partial charge is 0.327 e. The Balaban J connectivity index is 2.34. The van der Waals surface area contributed by atoms with Crippen LogP contribution in [0.15, 0.2) is 18.2 Å². The Bertz CT molecular complexity index is 548. The summed E-state index contributed by atoms with van der Waals surface area (Å²) in [4.78, 5) is 4.21. The predicted octanol–water partition coefficient (Wildman–Crippen LogP) is 3.59. The monoisotopic (exact) mass is 274 g/mol. The van der Waals surface area contributed by atoms with Gasteiger partial charge in [-0.05, 0) is 24.6 Å². The second-order valence-electron chi connectivity index (χ2n) is 4.16. The van der Waals surface area contributed by atoms with Crippen LogP contribution in [0.5, 0.6) is 0 Å². The first-order valence-electron chi connectivity index (χ1n) is 5.62. The summed E-state index contributed by atoms with van der Waals surface area (Å²) in [5, 5.41) is 0.790. The second-order valence-corrected chi connectivity index (χ2v) is 5.28. The van der Waals surface area contributed by atoms with Gasteiger partial charge < -0.3 is 5.73 Å². The Hall–Kier alpha value is -1.14. The summed E-state index contributed by atoms with van der Waals surface area (Å²) in [5.41, 5.74) is 5.55. The molecule has 0 fully saturated rings. The van der Waals surface area contributed by atoms with Gasteiger partial charge in [0, 0.05) is 12.5 Å². The van der Waals surface area contributed by atoms with Crippen molar-refractivity contribution in [1.29, 1.82) is 0 Å². The maximum Gasteiger partial charge on any atom is 0.416 e. The number of nitrogens with two attached hydrogens (primary N) is 1. The van der Waals surface area contributed by atoms with Crippen LogP contribution in [0.2, 0.25) is 0 Å². The third kappa shape index (κ3) is 2.81. The molecule has 0 spiro atoms. The molecule has 2 N–H and O–H groups in total. The normalized spacial score (nSPS) is 14.1. The Morgan fingerprint density at radius 1 is 1.39 bits per heavy atom. The van der Waals surface area contributed by atoms with Gasteiger partial charge in [0.05, 0.1) is 20.8 Å². The number of halogens is 3. The molecule has 2 rings (SSSR count). The summed E-state index contributed by atoms with van der Waals surface area (Å²) >= 11 is 1.40. The van der Waals surface area contributed by atoms with Crippen LogP contribution >= 0.6 is 11.3 Å². The topological polar surface area (TPSA) is 38.9 Å². The van der Waals surface area contributed by atoms with Gasteiger partial charge in [0.25, 0.3) is 0 Å². The van der Waals surface area contributed by atoms with E-state index in [0.29, 0.717) is 11.9 Å². The highest BCUT2D eigenvalue weighted by molar-refractivity contribution is 7.18. The molecule has 0 saturated carbocycles. The molecule has 18 heavy (non-hydrogen) atoms. The highest BCUT2D eigenvalue weighted by Crippen LogP contribution is 2.33. The average molecular weight is 274 g/mol. The SMILES string of the molecule is CCC(N)Cc1nc2cc(C(F)(F)F)ccc2s1. The molecule has 2 nitrogen and oxygen atoms in total. The minimum absolute atomic E-state index is 0.00708. The van der Waals surface area contributed by atoms with Crippen LogP contribution in [0, 0.1) is 0 Å². The Morgan fingerprint density at radius 3 is 2.72 bits per heavy atom. The number of thiazole rings is 1. The van der Waals surface area contributed by atoms with Crippen molar-refractivity contribution in [3.05, 3.63) is 28.8 Å². The fourth-order valence-electron chi connectivity index (χ4n) is 1.61. The minimum atomic E-state index is -4.32. The fourth-order valence-corrected chi connectivity index (χ4v) is 2.65. The van der Waals surface area contributed by atoms with Crippen molar-refractivity contribution in [2.45, 2.75) is 32.0 Å². The lowest BCUT2D eigenvalue weighted by Gasteiger charge is -2.05. The maximum atomic E-state index is 12.5. The molecular formula is C12H13F3N2S. The van der Waals surface area contributed by atoms with E-state index in [0.717, 1.165) is 28.3 Å². The molecule has 1 aromatic carbocycles. The summed E-state index contributed by atoms with van der Waals surface area (Å²) in [6, 6.07) is 3.65. The molecule has 0 bridgehead atoms. The number of alkyl halides is 3. The number of hydrogen-bond acceptors (Lipinski definition) is 3. The molecule has 0 aliphatic heterocycles. The molecule has 6 heteroatoms. The van der Waals surface area contributed by atoms with Crippen molar-refractivity contribution in [3.8, 4) is 0 Å². The van der Waals surface area contributed by atoms with Gasteiger partial charge in [0.1, 0.15) is 0 Å². The summed E-state index contributed by atoms with van der Waals surface area (Å²) in [6.07, 6.45) is -2.89. The summed E-state index contributed by atoms with van der Waals surface area (Å²) < 4.78 is 38.4. The molecule has 0 aliphatic carbocycles. The van der Waals surface area contributed by atoms with E-state index in [9.17, 15) is 13.2 Å². The van der Waals surface area contributed by atoms with Crippen molar-refractivity contribution >= 4 is 21.6 Å². The summed E-state index contributed by atoms with van der Waals surface area (Å²) in [7, 11) is 0. The van der Waals surface area contributed by atoms with E-state index in [-0.39, 0.29) is 6.04 Å². The second kappa shape index (κ2) is 4.85. The minimum Gasteiger partial charge on any atom is -0.327 e.